The minimum Gasteiger partial charge on any atom is -0.467 e. The molecule has 1 heterocycles. The molecule has 0 radical (unpaired) electrons. The molecule has 3 atom stereocenters. The summed E-state index contributed by atoms with van der Waals surface area (Å²) >= 11 is 0. The number of guanidine groups is 1. The molecule has 6 heteroatoms. The fraction of sp³-hybridized carbons (Fsp3) is 0.235. The Morgan fingerprint density at radius 2 is 1.40 bits per heavy atom. The molecule has 0 unspecified atom stereocenters. The van der Waals surface area contributed by atoms with Crippen LogP contribution >= 0.6 is 0 Å². The normalized spacial score (nSPS) is 22.6. The van der Waals surface area contributed by atoms with Crippen molar-refractivity contribution in [2.75, 3.05) is 23.5 Å². The first-order valence-electron chi connectivity index (χ1n) is 13.7. The fourth-order valence-corrected chi connectivity index (χ4v) is 5.97. The maximum atomic E-state index is 13.7. The second-order valence-corrected chi connectivity index (χ2v) is 10.3. The monoisotopic (exact) mass is 531 g/mol. The third-order valence-electron chi connectivity index (χ3n) is 7.86. The highest BCUT2D eigenvalue weighted by Crippen LogP contribution is 2.60. The minimum atomic E-state index is -0.568. The number of methoxy groups -OCH3 is 1. The largest absolute Gasteiger partial charge is 0.467 e. The zero-order valence-corrected chi connectivity index (χ0v) is 22.6. The van der Waals surface area contributed by atoms with Gasteiger partial charge in [0.1, 0.15) is 0 Å². The van der Waals surface area contributed by atoms with Crippen molar-refractivity contribution in [1.82, 2.24) is 0 Å². The molecular weight excluding hydrogens is 498 g/mol. The molecule has 4 aromatic rings. The van der Waals surface area contributed by atoms with E-state index in [0.29, 0.717) is 19.2 Å². The number of hydrogen-bond acceptors (Lipinski definition) is 4. The van der Waals surface area contributed by atoms with Gasteiger partial charge in [-0.1, -0.05) is 84.9 Å². The van der Waals surface area contributed by atoms with Crippen molar-refractivity contribution >= 4 is 29.0 Å². The van der Waals surface area contributed by atoms with Gasteiger partial charge in [-0.15, -0.1) is 0 Å². The molecular formula is C34H33N3O3. The van der Waals surface area contributed by atoms with E-state index in [4.69, 9.17) is 14.5 Å². The highest BCUT2D eigenvalue weighted by Gasteiger charge is 2.72. The van der Waals surface area contributed by atoms with Gasteiger partial charge in [0.2, 0.25) is 5.96 Å². The van der Waals surface area contributed by atoms with Gasteiger partial charge in [0.05, 0.1) is 24.9 Å². The summed E-state index contributed by atoms with van der Waals surface area (Å²) in [7, 11) is 1.47. The minimum absolute atomic E-state index is 0.210. The van der Waals surface area contributed by atoms with E-state index in [1.807, 2.05) is 97.1 Å². The molecule has 0 bridgehead atoms. The van der Waals surface area contributed by atoms with Crippen LogP contribution in [0.1, 0.15) is 18.4 Å². The number of anilines is 2. The smallest absolute Gasteiger partial charge is 0.331 e. The van der Waals surface area contributed by atoms with Crippen LogP contribution in [0.2, 0.25) is 0 Å². The number of benzene rings is 4. The van der Waals surface area contributed by atoms with Gasteiger partial charge in [-0.3, -0.25) is 4.90 Å². The molecule has 2 fully saturated rings. The number of hydrogen-bond donors (Lipinski definition) is 0. The number of carbonyl (C=O) groups excluding carboxylic acids is 1. The Kier molecular flexibility index (Phi) is 7.34. The van der Waals surface area contributed by atoms with Crippen molar-refractivity contribution in [1.29, 1.82) is 0 Å². The van der Waals surface area contributed by atoms with E-state index in [0.717, 1.165) is 35.5 Å². The summed E-state index contributed by atoms with van der Waals surface area (Å²) in [6.45, 7) is 1.18. The molecule has 1 aliphatic heterocycles. The third kappa shape index (κ3) is 4.87. The Labute approximate surface area is 235 Å². The first-order chi connectivity index (χ1) is 19.7. The predicted octanol–water partition coefficient (Wildman–Crippen LogP) is 6.61. The standard InChI is InChI=1S/C34H33N3O3/c1-39-32(38)31-34(24-27(34)22-23-40-25-26-14-6-2-7-15-26)37(30-20-12-5-13-21-30)33(35-28-16-8-3-9-17-28)36(31)29-18-10-4-11-19-29/h2-21,27,31H,22-25H2,1H3/t27-,31-,34-/m0/s1. The van der Waals surface area contributed by atoms with Crippen molar-refractivity contribution in [3.8, 4) is 0 Å². The molecule has 1 saturated heterocycles. The van der Waals surface area contributed by atoms with Gasteiger partial charge >= 0.3 is 5.97 Å². The zero-order valence-electron chi connectivity index (χ0n) is 22.6. The van der Waals surface area contributed by atoms with Gasteiger partial charge in [-0.25, -0.2) is 9.79 Å². The zero-order chi connectivity index (χ0) is 27.4. The van der Waals surface area contributed by atoms with Crippen LogP contribution in [-0.2, 0) is 20.9 Å². The molecule has 1 saturated carbocycles. The molecule has 202 valence electrons. The average Bonchev–Trinajstić information content (AvgIpc) is 3.64. The lowest BCUT2D eigenvalue weighted by molar-refractivity contribution is -0.142. The molecule has 2 aliphatic rings. The lowest BCUT2D eigenvalue weighted by Crippen LogP contribution is -2.48. The van der Waals surface area contributed by atoms with E-state index >= 15 is 0 Å². The lowest BCUT2D eigenvalue weighted by Gasteiger charge is -2.28. The number of nitrogens with zero attached hydrogens (tertiary/aromatic N) is 3. The van der Waals surface area contributed by atoms with Crippen LogP contribution < -0.4 is 9.80 Å². The second kappa shape index (κ2) is 11.4. The van der Waals surface area contributed by atoms with E-state index < -0.39 is 11.6 Å². The van der Waals surface area contributed by atoms with Gasteiger partial charge < -0.3 is 14.4 Å². The first kappa shape index (κ1) is 25.8. The van der Waals surface area contributed by atoms with Gasteiger partial charge in [0.15, 0.2) is 6.04 Å². The summed E-state index contributed by atoms with van der Waals surface area (Å²) in [5, 5.41) is 0. The van der Waals surface area contributed by atoms with Crippen molar-refractivity contribution in [3.63, 3.8) is 0 Å². The van der Waals surface area contributed by atoms with Crippen LogP contribution in [-0.4, -0.2) is 37.2 Å². The molecule has 4 aromatic carbocycles. The van der Waals surface area contributed by atoms with Crippen LogP contribution in [0.5, 0.6) is 0 Å². The first-order valence-corrected chi connectivity index (χ1v) is 13.7. The van der Waals surface area contributed by atoms with Crippen LogP contribution in [0, 0.1) is 5.92 Å². The van der Waals surface area contributed by atoms with Crippen LogP contribution in [0.4, 0.5) is 17.1 Å². The van der Waals surface area contributed by atoms with E-state index in [9.17, 15) is 4.79 Å². The van der Waals surface area contributed by atoms with Gasteiger partial charge in [0.25, 0.3) is 0 Å². The van der Waals surface area contributed by atoms with Gasteiger partial charge in [-0.05, 0) is 60.7 Å². The summed E-state index contributed by atoms with van der Waals surface area (Å²) in [5.41, 5.74) is 3.35. The summed E-state index contributed by atoms with van der Waals surface area (Å²) < 4.78 is 11.6. The Bertz CT molecular complexity index is 1450. The van der Waals surface area contributed by atoms with E-state index in [-0.39, 0.29) is 11.9 Å². The van der Waals surface area contributed by atoms with Crippen LogP contribution in [0.3, 0.4) is 0 Å². The molecule has 40 heavy (non-hydrogen) atoms. The Morgan fingerprint density at radius 1 is 0.825 bits per heavy atom. The number of esters is 1. The van der Waals surface area contributed by atoms with Gasteiger partial charge in [0, 0.05) is 18.0 Å². The van der Waals surface area contributed by atoms with Crippen molar-refractivity contribution < 1.29 is 14.3 Å². The van der Waals surface area contributed by atoms with Crippen molar-refractivity contribution in [2.45, 2.75) is 31.0 Å². The third-order valence-corrected chi connectivity index (χ3v) is 7.86. The summed E-state index contributed by atoms with van der Waals surface area (Å²) in [4.78, 5) is 23.2. The van der Waals surface area contributed by atoms with E-state index in [1.54, 1.807) is 0 Å². The molecule has 1 spiro atoms. The highest BCUT2D eigenvalue weighted by molar-refractivity contribution is 6.17. The van der Waals surface area contributed by atoms with E-state index in [1.165, 1.54) is 7.11 Å². The molecule has 0 N–H and O–H groups in total. The molecule has 6 rings (SSSR count). The molecule has 0 aromatic heterocycles. The number of rotatable bonds is 9. The molecule has 0 amide bonds. The summed E-state index contributed by atoms with van der Waals surface area (Å²) in [6, 6.07) is 39.8. The van der Waals surface area contributed by atoms with Crippen LogP contribution in [0.25, 0.3) is 0 Å². The molecule has 6 nitrogen and oxygen atoms in total. The SMILES string of the molecule is COC(=O)[C@@H]1N(c2ccccc2)C(=Nc2ccccc2)N(c2ccccc2)[C@]12C[C@@H]2CCOCc1ccccc1. The lowest BCUT2D eigenvalue weighted by atomic mass is 10.00. The maximum absolute atomic E-state index is 13.7. The number of para-hydroxylation sites is 3. The predicted molar refractivity (Wildman–Crippen MR) is 159 cm³/mol. The topological polar surface area (TPSA) is 54.4 Å². The second-order valence-electron chi connectivity index (χ2n) is 10.3. The number of carbonyl (C=O) groups is 1. The van der Waals surface area contributed by atoms with Crippen molar-refractivity contribution in [2.24, 2.45) is 10.9 Å². The fourth-order valence-electron chi connectivity index (χ4n) is 5.97. The highest BCUT2D eigenvalue weighted by atomic mass is 16.5. The molecule has 1 aliphatic carbocycles. The Balaban J connectivity index is 1.41. The van der Waals surface area contributed by atoms with Crippen molar-refractivity contribution in [3.05, 3.63) is 127 Å². The maximum Gasteiger partial charge on any atom is 0.331 e. The Morgan fingerprint density at radius 3 is 2.02 bits per heavy atom. The number of aliphatic imine (C=N–C) groups is 1. The van der Waals surface area contributed by atoms with E-state index in [2.05, 4.69) is 34.1 Å². The van der Waals surface area contributed by atoms with Gasteiger partial charge in [-0.2, -0.15) is 0 Å². The number of ether oxygens (including phenoxy) is 2. The average molecular weight is 532 g/mol. The summed E-state index contributed by atoms with van der Waals surface area (Å²) in [5.74, 6) is 0.657. The van der Waals surface area contributed by atoms with Crippen LogP contribution in [0.15, 0.2) is 126 Å². The summed E-state index contributed by atoms with van der Waals surface area (Å²) in [6.07, 6.45) is 1.65. The quantitative estimate of drug-likeness (QED) is 0.180. The Hall–Kier alpha value is -4.42.